The number of hydrogen-bond donors (Lipinski definition) is 0. The van der Waals surface area contributed by atoms with E-state index in [2.05, 4.69) is 258 Å². The minimum Gasteiger partial charge on any atom is -0.454 e. The normalized spacial score (nSPS) is 12.8. The Labute approximate surface area is 401 Å². The molecule has 0 unspecified atom stereocenters. The Morgan fingerprint density at radius 1 is 0.362 bits per heavy atom. The second-order valence-corrected chi connectivity index (χ2v) is 17.9. The van der Waals surface area contributed by atoms with Crippen LogP contribution in [0.3, 0.4) is 0 Å². The van der Waals surface area contributed by atoms with Crippen LogP contribution >= 0.6 is 0 Å². The first kappa shape index (κ1) is 40.4. The van der Waals surface area contributed by atoms with Crippen LogP contribution < -0.4 is 4.90 Å². The van der Waals surface area contributed by atoms with Crippen molar-refractivity contribution in [1.29, 1.82) is 0 Å². The number of benzene rings is 10. The highest BCUT2D eigenvalue weighted by Crippen LogP contribution is 2.45. The van der Waals surface area contributed by atoms with Crippen molar-refractivity contribution in [2.75, 3.05) is 4.90 Å². The largest absolute Gasteiger partial charge is 0.454 e. The fraction of sp³-hybridized carbons (Fsp3) is 0.0303. The maximum Gasteiger partial charge on any atom is 0.159 e. The van der Waals surface area contributed by atoms with Gasteiger partial charge in [-0.25, -0.2) is 0 Å². The maximum absolute atomic E-state index is 6.58. The molecule has 0 saturated heterocycles. The van der Waals surface area contributed by atoms with Crippen molar-refractivity contribution in [3.05, 3.63) is 272 Å². The smallest absolute Gasteiger partial charge is 0.159 e. The predicted octanol–water partition coefficient (Wildman–Crippen LogP) is 18.1. The van der Waals surface area contributed by atoms with Gasteiger partial charge in [0, 0.05) is 38.6 Å². The zero-order valence-electron chi connectivity index (χ0n) is 38.0. The van der Waals surface area contributed by atoms with Gasteiger partial charge in [-0.15, -0.1) is 0 Å². The van der Waals surface area contributed by atoms with Gasteiger partial charge in [-0.2, -0.15) is 0 Å². The first-order chi connectivity index (χ1) is 34.2. The van der Waals surface area contributed by atoms with Crippen molar-refractivity contribution in [3.8, 4) is 39.1 Å². The number of aromatic nitrogens is 1. The lowest BCUT2D eigenvalue weighted by Crippen LogP contribution is -2.19. The van der Waals surface area contributed by atoms with E-state index in [0.29, 0.717) is 0 Å². The van der Waals surface area contributed by atoms with Crippen molar-refractivity contribution in [3.63, 3.8) is 0 Å². The fourth-order valence-corrected chi connectivity index (χ4v) is 10.7. The van der Waals surface area contributed by atoms with Crippen LogP contribution in [-0.4, -0.2) is 4.57 Å². The molecule has 0 bridgehead atoms. The van der Waals surface area contributed by atoms with E-state index in [9.17, 15) is 0 Å². The van der Waals surface area contributed by atoms with Gasteiger partial charge in [-0.1, -0.05) is 194 Å². The van der Waals surface area contributed by atoms with E-state index < -0.39 is 0 Å². The van der Waals surface area contributed by atoms with Gasteiger partial charge >= 0.3 is 0 Å². The summed E-state index contributed by atoms with van der Waals surface area (Å²) in [4.78, 5) is 2.49. The lowest BCUT2D eigenvalue weighted by molar-refractivity contribution is 0.666. The summed E-state index contributed by atoms with van der Waals surface area (Å²) in [6.45, 7) is 0. The summed E-state index contributed by atoms with van der Waals surface area (Å²) in [6.07, 6.45) is 4.24. The van der Waals surface area contributed by atoms with Gasteiger partial charge in [-0.05, 0) is 129 Å². The molecule has 3 nitrogen and oxygen atoms in total. The number of rotatable bonds is 9. The molecule has 2 aromatic heterocycles. The quantitative estimate of drug-likeness (QED) is 0.144. The van der Waals surface area contributed by atoms with Crippen molar-refractivity contribution >= 4 is 66.3 Å². The number of nitrogens with zero attached hydrogens (tertiary/aromatic N) is 2. The van der Waals surface area contributed by atoms with Gasteiger partial charge in [0.2, 0.25) is 0 Å². The minimum absolute atomic E-state index is 0.881. The lowest BCUT2D eigenvalue weighted by atomic mass is 9.86. The maximum atomic E-state index is 6.58. The van der Waals surface area contributed by atoms with E-state index >= 15 is 0 Å². The van der Waals surface area contributed by atoms with Gasteiger partial charge in [0.1, 0.15) is 5.58 Å². The summed E-state index contributed by atoms with van der Waals surface area (Å²) in [5.41, 5.74) is 20.9. The van der Waals surface area contributed by atoms with Crippen molar-refractivity contribution in [2.45, 2.75) is 12.8 Å². The van der Waals surface area contributed by atoms with Gasteiger partial charge in [0.15, 0.2) is 5.58 Å². The molecule has 1 aliphatic rings. The van der Waals surface area contributed by atoms with E-state index in [-0.39, 0.29) is 0 Å². The molecule has 3 heteroatoms. The Morgan fingerprint density at radius 3 is 1.68 bits per heavy atom. The number of furan rings is 1. The molecule has 0 N–H and O–H groups in total. The molecule has 326 valence electrons. The molecular formula is C66H46N2O. The molecule has 0 saturated carbocycles. The van der Waals surface area contributed by atoms with Crippen LogP contribution in [0.4, 0.5) is 11.4 Å². The van der Waals surface area contributed by atoms with E-state index in [4.69, 9.17) is 4.42 Å². The van der Waals surface area contributed by atoms with Gasteiger partial charge < -0.3 is 13.9 Å². The molecule has 0 radical (unpaired) electrons. The molecule has 0 spiro atoms. The Balaban J connectivity index is 0.954. The second-order valence-electron chi connectivity index (χ2n) is 17.9. The molecule has 0 amide bonds. The third-order valence-corrected chi connectivity index (χ3v) is 13.9. The summed E-state index contributed by atoms with van der Waals surface area (Å²) < 4.78 is 8.95. The molecule has 10 aromatic carbocycles. The van der Waals surface area contributed by atoms with E-state index in [1.165, 1.54) is 66.6 Å². The number of allylic oxidation sites excluding steroid dienone is 4. The minimum atomic E-state index is 0.881. The van der Waals surface area contributed by atoms with Crippen molar-refractivity contribution in [2.24, 2.45) is 0 Å². The molecule has 1 aliphatic carbocycles. The molecule has 13 rings (SSSR count). The fourth-order valence-electron chi connectivity index (χ4n) is 10.7. The Hall–Kier alpha value is -8.92. The standard InChI is InChI=1S/C66H46N2O/c1-5-18-46(19-6-1)54-39-37-52(43-59(54)48-22-9-3-10-23-48)67(53-38-40-55(47-20-7-2-8-21-47)60(44-53)49-24-11-4-12-25-49)51-35-32-45(33-36-51)50-34-41-63-61(42-50)56-26-13-15-29-62(56)68(63)64-30-17-28-58-57-27-14-16-31-65(57)69-66(58)64/h1-37,39,41-44H,38,40H2. The number of anilines is 2. The lowest BCUT2D eigenvalue weighted by Gasteiger charge is -2.32. The summed E-state index contributed by atoms with van der Waals surface area (Å²) in [5.74, 6) is 0. The Morgan fingerprint density at radius 2 is 0.942 bits per heavy atom. The first-order valence-corrected chi connectivity index (χ1v) is 23.9. The third kappa shape index (κ3) is 7.15. The van der Waals surface area contributed by atoms with Crippen molar-refractivity contribution in [1.82, 2.24) is 4.57 Å². The van der Waals surface area contributed by atoms with Crippen molar-refractivity contribution < 1.29 is 4.42 Å². The predicted molar refractivity (Wildman–Crippen MR) is 290 cm³/mol. The third-order valence-electron chi connectivity index (χ3n) is 13.9. The van der Waals surface area contributed by atoms with Crippen LogP contribution in [0.15, 0.2) is 265 Å². The van der Waals surface area contributed by atoms with Crippen LogP contribution in [0.2, 0.25) is 0 Å². The Kier molecular flexibility index (Phi) is 9.98. The molecule has 69 heavy (non-hydrogen) atoms. The van der Waals surface area contributed by atoms with Crippen LogP contribution in [0.5, 0.6) is 0 Å². The molecule has 0 atom stereocenters. The highest BCUT2D eigenvalue weighted by Gasteiger charge is 2.24. The topological polar surface area (TPSA) is 21.3 Å². The SMILES string of the molecule is C1=C(N(c2ccc(-c3ccc4c(c3)c3ccccc3n4-c3cccc4c3oc3ccccc34)cc2)c2ccc(-c3ccccc3)c(-c3ccccc3)c2)CCC(c2ccccc2)=C1c1ccccc1. The number of fused-ring (bicyclic) bond motifs is 6. The summed E-state index contributed by atoms with van der Waals surface area (Å²) in [7, 11) is 0. The Bertz CT molecular complexity index is 3920. The second kappa shape index (κ2) is 17.1. The monoisotopic (exact) mass is 882 g/mol. The molecule has 0 fully saturated rings. The van der Waals surface area contributed by atoms with Crippen LogP contribution in [0.1, 0.15) is 24.0 Å². The zero-order valence-corrected chi connectivity index (χ0v) is 38.0. The average molecular weight is 883 g/mol. The number of hydrogen-bond acceptors (Lipinski definition) is 2. The molecule has 12 aromatic rings. The molecule has 2 heterocycles. The van der Waals surface area contributed by atoms with E-state index in [1.807, 2.05) is 6.07 Å². The van der Waals surface area contributed by atoms with Crippen LogP contribution in [0.25, 0.3) is 94.0 Å². The molecule has 0 aliphatic heterocycles. The average Bonchev–Trinajstić information content (AvgIpc) is 3.98. The summed E-state index contributed by atoms with van der Waals surface area (Å²) in [6, 6.07) is 90.0. The summed E-state index contributed by atoms with van der Waals surface area (Å²) in [5, 5.41) is 4.66. The highest BCUT2D eigenvalue weighted by atomic mass is 16.3. The first-order valence-electron chi connectivity index (χ1n) is 23.9. The summed E-state index contributed by atoms with van der Waals surface area (Å²) >= 11 is 0. The van der Waals surface area contributed by atoms with Gasteiger partial charge in [0.05, 0.1) is 16.7 Å². The number of para-hydroxylation sites is 3. The van der Waals surface area contributed by atoms with E-state index in [0.717, 1.165) is 68.4 Å². The van der Waals surface area contributed by atoms with Gasteiger partial charge in [-0.3, -0.25) is 0 Å². The highest BCUT2D eigenvalue weighted by molar-refractivity contribution is 6.13. The van der Waals surface area contributed by atoms with Crippen LogP contribution in [0, 0.1) is 0 Å². The van der Waals surface area contributed by atoms with E-state index in [1.54, 1.807) is 0 Å². The van der Waals surface area contributed by atoms with Crippen LogP contribution in [-0.2, 0) is 0 Å². The van der Waals surface area contributed by atoms with Gasteiger partial charge in [0.25, 0.3) is 0 Å². The molecular weight excluding hydrogens is 837 g/mol. The zero-order chi connectivity index (χ0) is 45.7.